The SMILES string of the molecule is COc1ccc(OCC(=O)N(Cc2ccc(Br)cc2)[C@H](C)C(=O)NC(C)(C)C)cc1. The van der Waals surface area contributed by atoms with Crippen molar-refractivity contribution in [1.82, 2.24) is 10.2 Å². The minimum atomic E-state index is -0.653. The zero-order valence-corrected chi connectivity index (χ0v) is 19.7. The summed E-state index contributed by atoms with van der Waals surface area (Å²) in [5.41, 5.74) is 0.531. The van der Waals surface area contributed by atoms with Crippen molar-refractivity contribution < 1.29 is 19.1 Å². The van der Waals surface area contributed by atoms with Crippen molar-refractivity contribution in [3.05, 3.63) is 58.6 Å². The predicted molar refractivity (Wildman–Crippen MR) is 121 cm³/mol. The molecule has 2 rings (SSSR count). The number of halogens is 1. The number of hydrogen-bond acceptors (Lipinski definition) is 4. The average Bonchev–Trinajstić information content (AvgIpc) is 2.70. The van der Waals surface area contributed by atoms with E-state index in [1.807, 2.05) is 45.0 Å². The summed E-state index contributed by atoms with van der Waals surface area (Å²) in [4.78, 5) is 27.3. The van der Waals surface area contributed by atoms with E-state index in [9.17, 15) is 9.59 Å². The number of rotatable bonds is 8. The van der Waals surface area contributed by atoms with E-state index in [0.29, 0.717) is 18.0 Å². The van der Waals surface area contributed by atoms with Crippen LogP contribution in [0, 0.1) is 0 Å². The standard InChI is InChI=1S/C23H29BrN2O4/c1-16(22(28)25-23(2,3)4)26(14-17-6-8-18(24)9-7-17)21(27)15-30-20-12-10-19(29-5)11-13-20/h6-13,16H,14-15H2,1-5H3,(H,25,28)/t16-/m1/s1. The third-order valence-corrected chi connectivity index (χ3v) is 4.88. The summed E-state index contributed by atoms with van der Waals surface area (Å²) < 4.78 is 11.7. The molecule has 0 radical (unpaired) electrons. The topological polar surface area (TPSA) is 67.9 Å². The molecule has 0 spiro atoms. The summed E-state index contributed by atoms with van der Waals surface area (Å²) in [6, 6.07) is 14.0. The lowest BCUT2D eigenvalue weighted by Gasteiger charge is -2.31. The van der Waals surface area contributed by atoms with E-state index in [-0.39, 0.29) is 18.4 Å². The van der Waals surface area contributed by atoms with Gasteiger partial charge in [-0.05, 0) is 69.7 Å². The smallest absolute Gasteiger partial charge is 0.261 e. The fourth-order valence-corrected chi connectivity index (χ4v) is 3.01. The first-order chi connectivity index (χ1) is 14.1. The van der Waals surface area contributed by atoms with Gasteiger partial charge in [0.05, 0.1) is 7.11 Å². The minimum absolute atomic E-state index is 0.171. The van der Waals surface area contributed by atoms with E-state index < -0.39 is 11.6 Å². The third kappa shape index (κ3) is 7.37. The zero-order valence-electron chi connectivity index (χ0n) is 18.1. The highest BCUT2D eigenvalue weighted by atomic mass is 79.9. The Labute approximate surface area is 186 Å². The van der Waals surface area contributed by atoms with Gasteiger partial charge >= 0.3 is 0 Å². The highest BCUT2D eigenvalue weighted by Gasteiger charge is 2.28. The second-order valence-electron chi connectivity index (χ2n) is 8.03. The molecule has 0 aliphatic rings. The first-order valence-electron chi connectivity index (χ1n) is 9.72. The molecular weight excluding hydrogens is 448 g/mol. The van der Waals surface area contributed by atoms with Gasteiger partial charge in [0, 0.05) is 16.6 Å². The van der Waals surface area contributed by atoms with E-state index in [2.05, 4.69) is 21.2 Å². The molecule has 2 amide bonds. The highest BCUT2D eigenvalue weighted by molar-refractivity contribution is 9.10. The van der Waals surface area contributed by atoms with Crippen LogP contribution < -0.4 is 14.8 Å². The van der Waals surface area contributed by atoms with Crippen molar-refractivity contribution in [3.63, 3.8) is 0 Å². The largest absolute Gasteiger partial charge is 0.497 e. The normalized spacial score (nSPS) is 12.1. The molecule has 1 N–H and O–H groups in total. The number of methoxy groups -OCH3 is 1. The van der Waals surface area contributed by atoms with Gasteiger partial charge in [0.15, 0.2) is 6.61 Å². The van der Waals surface area contributed by atoms with Crippen LogP contribution in [0.3, 0.4) is 0 Å². The Morgan fingerprint density at radius 2 is 1.60 bits per heavy atom. The number of carbonyl (C=O) groups is 2. The number of hydrogen-bond donors (Lipinski definition) is 1. The van der Waals surface area contributed by atoms with E-state index in [1.165, 1.54) is 4.90 Å². The maximum absolute atomic E-state index is 13.0. The van der Waals surface area contributed by atoms with E-state index in [4.69, 9.17) is 9.47 Å². The number of benzene rings is 2. The Hall–Kier alpha value is -2.54. The molecule has 0 fully saturated rings. The molecule has 2 aromatic rings. The van der Waals surface area contributed by atoms with Gasteiger partial charge in [0.1, 0.15) is 17.5 Å². The highest BCUT2D eigenvalue weighted by Crippen LogP contribution is 2.18. The Morgan fingerprint density at radius 3 is 2.13 bits per heavy atom. The summed E-state index contributed by atoms with van der Waals surface area (Å²) in [5.74, 6) is 0.778. The number of amides is 2. The van der Waals surface area contributed by atoms with Crippen LogP contribution in [0.2, 0.25) is 0 Å². The van der Waals surface area contributed by atoms with Crippen LogP contribution in [0.15, 0.2) is 53.0 Å². The van der Waals surface area contributed by atoms with E-state index >= 15 is 0 Å². The Bertz CT molecular complexity index is 845. The van der Waals surface area contributed by atoms with Gasteiger partial charge in [-0.1, -0.05) is 28.1 Å². The summed E-state index contributed by atoms with van der Waals surface area (Å²) >= 11 is 3.41. The van der Waals surface area contributed by atoms with Crippen molar-refractivity contribution in [2.45, 2.75) is 45.8 Å². The first kappa shape index (κ1) is 23.7. The quantitative estimate of drug-likeness (QED) is 0.620. The lowest BCUT2D eigenvalue weighted by molar-refractivity contribution is -0.142. The summed E-state index contributed by atoms with van der Waals surface area (Å²) in [5, 5.41) is 2.94. The number of nitrogens with zero attached hydrogens (tertiary/aromatic N) is 1. The van der Waals surface area contributed by atoms with Gasteiger partial charge in [0.2, 0.25) is 5.91 Å². The molecule has 2 aromatic carbocycles. The van der Waals surface area contributed by atoms with Gasteiger partial charge in [0.25, 0.3) is 5.91 Å². The van der Waals surface area contributed by atoms with E-state index in [1.54, 1.807) is 38.3 Å². The van der Waals surface area contributed by atoms with Crippen LogP contribution in [0.1, 0.15) is 33.3 Å². The molecule has 7 heteroatoms. The molecule has 0 aromatic heterocycles. The first-order valence-corrected chi connectivity index (χ1v) is 10.5. The Morgan fingerprint density at radius 1 is 1.03 bits per heavy atom. The predicted octanol–water partition coefficient (Wildman–Crippen LogP) is 4.17. The van der Waals surface area contributed by atoms with Crippen molar-refractivity contribution in [2.24, 2.45) is 0 Å². The Kier molecular flexibility index (Phi) is 8.29. The number of ether oxygens (including phenoxy) is 2. The molecule has 30 heavy (non-hydrogen) atoms. The Balaban J connectivity index is 2.14. The van der Waals surface area contributed by atoms with Crippen molar-refractivity contribution in [1.29, 1.82) is 0 Å². The number of nitrogens with one attached hydrogen (secondary N) is 1. The second kappa shape index (κ2) is 10.5. The summed E-state index contributed by atoms with van der Waals surface area (Å²) in [6.07, 6.45) is 0. The van der Waals surface area contributed by atoms with Gasteiger partial charge in [-0.25, -0.2) is 0 Å². The molecule has 0 bridgehead atoms. The van der Waals surface area contributed by atoms with Crippen LogP contribution in [0.25, 0.3) is 0 Å². The van der Waals surface area contributed by atoms with Crippen LogP contribution in [0.4, 0.5) is 0 Å². The summed E-state index contributed by atoms with van der Waals surface area (Å²) in [6.45, 7) is 7.58. The van der Waals surface area contributed by atoms with Gasteiger partial charge in [-0.2, -0.15) is 0 Å². The molecular formula is C23H29BrN2O4. The van der Waals surface area contributed by atoms with E-state index in [0.717, 1.165) is 10.0 Å². The van der Waals surface area contributed by atoms with Crippen LogP contribution in [-0.4, -0.2) is 42.0 Å². The molecule has 0 aliphatic heterocycles. The second-order valence-corrected chi connectivity index (χ2v) is 8.94. The number of carbonyl (C=O) groups excluding carboxylic acids is 2. The van der Waals surface area contributed by atoms with Gasteiger partial charge in [-0.15, -0.1) is 0 Å². The van der Waals surface area contributed by atoms with Gasteiger partial charge < -0.3 is 19.7 Å². The maximum Gasteiger partial charge on any atom is 0.261 e. The maximum atomic E-state index is 13.0. The van der Waals surface area contributed by atoms with Crippen LogP contribution in [0.5, 0.6) is 11.5 Å². The fraction of sp³-hybridized carbons (Fsp3) is 0.391. The zero-order chi connectivity index (χ0) is 22.3. The molecule has 0 heterocycles. The molecule has 162 valence electrons. The molecule has 1 atom stereocenters. The molecule has 0 saturated heterocycles. The van der Waals surface area contributed by atoms with Crippen LogP contribution >= 0.6 is 15.9 Å². The average molecular weight is 477 g/mol. The molecule has 6 nitrogen and oxygen atoms in total. The monoisotopic (exact) mass is 476 g/mol. The summed E-state index contributed by atoms with van der Waals surface area (Å²) in [7, 11) is 1.59. The van der Waals surface area contributed by atoms with Crippen molar-refractivity contribution >= 4 is 27.7 Å². The van der Waals surface area contributed by atoms with Crippen molar-refractivity contribution in [2.75, 3.05) is 13.7 Å². The third-order valence-electron chi connectivity index (χ3n) is 4.35. The lowest BCUT2D eigenvalue weighted by atomic mass is 10.1. The lowest BCUT2D eigenvalue weighted by Crippen LogP contribution is -2.53. The van der Waals surface area contributed by atoms with Crippen LogP contribution in [-0.2, 0) is 16.1 Å². The fourth-order valence-electron chi connectivity index (χ4n) is 2.74. The van der Waals surface area contributed by atoms with Gasteiger partial charge in [-0.3, -0.25) is 9.59 Å². The molecule has 0 saturated carbocycles. The minimum Gasteiger partial charge on any atom is -0.497 e. The molecule has 0 unspecified atom stereocenters. The van der Waals surface area contributed by atoms with Crippen molar-refractivity contribution in [3.8, 4) is 11.5 Å². The molecule has 0 aliphatic carbocycles.